The highest BCUT2D eigenvalue weighted by atomic mass is 16.2. The van der Waals surface area contributed by atoms with E-state index in [9.17, 15) is 9.59 Å². The van der Waals surface area contributed by atoms with Crippen molar-refractivity contribution >= 4 is 11.8 Å². The van der Waals surface area contributed by atoms with Crippen LogP contribution in [0.4, 0.5) is 0 Å². The van der Waals surface area contributed by atoms with Crippen molar-refractivity contribution < 1.29 is 9.59 Å². The Bertz CT molecular complexity index is 846. The van der Waals surface area contributed by atoms with Gasteiger partial charge in [-0.3, -0.25) is 14.6 Å². The standard InChI is InChI=1S/C22H29N5O2/c1-4-9-24-20(28)12-19-15(2)25-21(26-16(19)3)18-8-6-11-27(14-18)22(29)17-7-5-10-23-13-17/h5,7,10,13,18H,4,6,8-9,11-12,14H2,1-3H3,(H,24,28)/t18-/m0/s1. The molecule has 3 rings (SSSR count). The molecular formula is C22H29N5O2. The number of carbonyl (C=O) groups excluding carboxylic acids is 2. The number of hydrogen-bond donors (Lipinski definition) is 1. The van der Waals surface area contributed by atoms with Gasteiger partial charge in [0.15, 0.2) is 0 Å². The van der Waals surface area contributed by atoms with E-state index in [1.165, 1.54) is 0 Å². The van der Waals surface area contributed by atoms with Crippen LogP contribution in [0.5, 0.6) is 0 Å². The van der Waals surface area contributed by atoms with E-state index in [1.807, 2.05) is 25.7 Å². The van der Waals surface area contributed by atoms with Gasteiger partial charge in [-0.2, -0.15) is 0 Å². The van der Waals surface area contributed by atoms with Gasteiger partial charge >= 0.3 is 0 Å². The zero-order chi connectivity index (χ0) is 20.8. The summed E-state index contributed by atoms with van der Waals surface area (Å²) in [5, 5.41) is 2.90. The fourth-order valence-electron chi connectivity index (χ4n) is 3.74. The molecule has 1 atom stereocenters. The van der Waals surface area contributed by atoms with Gasteiger partial charge in [-0.25, -0.2) is 9.97 Å². The van der Waals surface area contributed by atoms with Crippen molar-refractivity contribution in [3.05, 3.63) is 52.9 Å². The van der Waals surface area contributed by atoms with Crippen molar-refractivity contribution in [1.29, 1.82) is 0 Å². The largest absolute Gasteiger partial charge is 0.356 e. The van der Waals surface area contributed by atoms with Crippen LogP contribution in [0.2, 0.25) is 0 Å². The normalized spacial score (nSPS) is 16.5. The SMILES string of the molecule is CCCNC(=O)Cc1c(C)nc([C@H]2CCCN(C(=O)c3cccnc3)C2)nc1C. The summed E-state index contributed by atoms with van der Waals surface area (Å²) in [4.78, 5) is 40.2. The third-order valence-electron chi connectivity index (χ3n) is 5.33. The van der Waals surface area contributed by atoms with Crippen molar-refractivity contribution in [2.24, 2.45) is 0 Å². The molecule has 29 heavy (non-hydrogen) atoms. The molecule has 0 spiro atoms. The van der Waals surface area contributed by atoms with E-state index in [1.54, 1.807) is 24.5 Å². The van der Waals surface area contributed by atoms with E-state index in [2.05, 4.69) is 10.3 Å². The molecule has 7 heteroatoms. The molecule has 1 N–H and O–H groups in total. The summed E-state index contributed by atoms with van der Waals surface area (Å²) >= 11 is 0. The molecule has 0 bridgehead atoms. The molecule has 3 heterocycles. The second kappa shape index (κ2) is 9.58. The maximum absolute atomic E-state index is 12.8. The molecular weight excluding hydrogens is 366 g/mol. The first-order chi connectivity index (χ1) is 14.0. The number of hydrogen-bond acceptors (Lipinski definition) is 5. The molecule has 0 radical (unpaired) electrons. The monoisotopic (exact) mass is 395 g/mol. The zero-order valence-corrected chi connectivity index (χ0v) is 17.4. The number of carbonyl (C=O) groups is 2. The van der Waals surface area contributed by atoms with E-state index >= 15 is 0 Å². The Labute approximate surface area is 172 Å². The fourth-order valence-corrected chi connectivity index (χ4v) is 3.74. The average molecular weight is 396 g/mol. The Morgan fingerprint density at radius 2 is 2.00 bits per heavy atom. The smallest absolute Gasteiger partial charge is 0.255 e. The van der Waals surface area contributed by atoms with Gasteiger partial charge < -0.3 is 10.2 Å². The van der Waals surface area contributed by atoms with Crippen LogP contribution in [0, 0.1) is 13.8 Å². The Kier molecular flexibility index (Phi) is 6.90. The molecule has 2 amide bonds. The lowest BCUT2D eigenvalue weighted by atomic mass is 9.95. The molecule has 0 aliphatic carbocycles. The van der Waals surface area contributed by atoms with Crippen molar-refractivity contribution in [3.8, 4) is 0 Å². The van der Waals surface area contributed by atoms with Gasteiger partial charge in [0.05, 0.1) is 12.0 Å². The Hall–Kier alpha value is -2.83. The fraction of sp³-hybridized carbons (Fsp3) is 0.500. The first-order valence-electron chi connectivity index (χ1n) is 10.3. The predicted molar refractivity (Wildman–Crippen MR) is 111 cm³/mol. The Morgan fingerprint density at radius 1 is 1.24 bits per heavy atom. The summed E-state index contributed by atoms with van der Waals surface area (Å²) in [5.41, 5.74) is 3.18. The minimum absolute atomic E-state index is 0.000286. The van der Waals surface area contributed by atoms with Crippen molar-refractivity contribution in [2.75, 3.05) is 19.6 Å². The van der Waals surface area contributed by atoms with Crippen LogP contribution in [-0.4, -0.2) is 51.3 Å². The number of nitrogens with zero attached hydrogens (tertiary/aromatic N) is 4. The van der Waals surface area contributed by atoms with E-state index in [0.717, 1.165) is 48.6 Å². The number of pyridine rings is 1. The lowest BCUT2D eigenvalue weighted by Crippen LogP contribution is -2.39. The Morgan fingerprint density at radius 3 is 2.66 bits per heavy atom. The summed E-state index contributed by atoms with van der Waals surface area (Å²) in [6.07, 6.45) is 6.35. The summed E-state index contributed by atoms with van der Waals surface area (Å²) < 4.78 is 0. The van der Waals surface area contributed by atoms with E-state index in [4.69, 9.17) is 9.97 Å². The minimum atomic E-state index is 0.000286. The van der Waals surface area contributed by atoms with Crippen LogP contribution in [0.1, 0.15) is 65.2 Å². The van der Waals surface area contributed by atoms with Gasteiger partial charge in [-0.1, -0.05) is 6.92 Å². The summed E-state index contributed by atoms with van der Waals surface area (Å²) in [5.74, 6) is 0.868. The maximum atomic E-state index is 12.8. The van der Waals surface area contributed by atoms with Gasteiger partial charge in [0.1, 0.15) is 5.82 Å². The number of piperidine rings is 1. The molecule has 154 valence electrons. The molecule has 2 aromatic rings. The van der Waals surface area contributed by atoms with E-state index in [0.29, 0.717) is 25.1 Å². The molecule has 0 aromatic carbocycles. The molecule has 0 saturated carbocycles. The molecule has 1 fully saturated rings. The quantitative estimate of drug-likeness (QED) is 0.812. The molecule has 7 nitrogen and oxygen atoms in total. The van der Waals surface area contributed by atoms with Crippen LogP contribution in [0.25, 0.3) is 0 Å². The van der Waals surface area contributed by atoms with Crippen LogP contribution in [0.3, 0.4) is 0 Å². The number of aromatic nitrogens is 3. The van der Waals surface area contributed by atoms with E-state index < -0.39 is 0 Å². The number of amides is 2. The summed E-state index contributed by atoms with van der Waals surface area (Å²) in [7, 11) is 0. The average Bonchev–Trinajstić information content (AvgIpc) is 2.74. The van der Waals surface area contributed by atoms with Crippen LogP contribution < -0.4 is 5.32 Å². The summed E-state index contributed by atoms with van der Waals surface area (Å²) in [6.45, 7) is 7.91. The lowest BCUT2D eigenvalue weighted by Gasteiger charge is -2.32. The molecule has 1 saturated heterocycles. The molecule has 0 unspecified atom stereocenters. The van der Waals surface area contributed by atoms with Crippen molar-refractivity contribution in [2.45, 2.75) is 52.4 Å². The molecule has 1 aliphatic rings. The third-order valence-corrected chi connectivity index (χ3v) is 5.33. The molecule has 1 aliphatic heterocycles. The lowest BCUT2D eigenvalue weighted by molar-refractivity contribution is -0.120. The van der Waals surface area contributed by atoms with Gasteiger partial charge in [-0.05, 0) is 45.2 Å². The van der Waals surface area contributed by atoms with Crippen molar-refractivity contribution in [3.63, 3.8) is 0 Å². The highest BCUT2D eigenvalue weighted by molar-refractivity contribution is 5.94. The second-order valence-corrected chi connectivity index (χ2v) is 7.59. The number of aryl methyl sites for hydroxylation is 2. The van der Waals surface area contributed by atoms with Gasteiger partial charge in [0, 0.05) is 54.9 Å². The third kappa shape index (κ3) is 5.16. The highest BCUT2D eigenvalue weighted by Gasteiger charge is 2.28. The number of rotatable bonds is 6. The van der Waals surface area contributed by atoms with Gasteiger partial charge in [0.25, 0.3) is 5.91 Å². The molecule has 2 aromatic heterocycles. The minimum Gasteiger partial charge on any atom is -0.356 e. The summed E-state index contributed by atoms with van der Waals surface area (Å²) in [6, 6.07) is 3.57. The maximum Gasteiger partial charge on any atom is 0.255 e. The first kappa shape index (κ1) is 20.9. The van der Waals surface area contributed by atoms with Crippen LogP contribution >= 0.6 is 0 Å². The predicted octanol–water partition coefficient (Wildman–Crippen LogP) is 2.58. The van der Waals surface area contributed by atoms with Crippen LogP contribution in [-0.2, 0) is 11.2 Å². The zero-order valence-electron chi connectivity index (χ0n) is 17.4. The number of likely N-dealkylation sites (tertiary alicyclic amines) is 1. The topological polar surface area (TPSA) is 88.1 Å². The highest BCUT2D eigenvalue weighted by Crippen LogP contribution is 2.27. The van der Waals surface area contributed by atoms with Gasteiger partial charge in [0.2, 0.25) is 5.91 Å². The van der Waals surface area contributed by atoms with E-state index in [-0.39, 0.29) is 17.7 Å². The number of nitrogens with one attached hydrogen (secondary N) is 1. The van der Waals surface area contributed by atoms with Crippen LogP contribution in [0.15, 0.2) is 24.5 Å². The van der Waals surface area contributed by atoms with Gasteiger partial charge in [-0.15, -0.1) is 0 Å². The first-order valence-corrected chi connectivity index (χ1v) is 10.3. The Balaban J connectivity index is 1.73. The second-order valence-electron chi connectivity index (χ2n) is 7.59. The van der Waals surface area contributed by atoms with Crippen molar-refractivity contribution in [1.82, 2.24) is 25.2 Å².